The minimum atomic E-state index is -0.775. The molecule has 1 atom stereocenters. The smallest absolute Gasteiger partial charge is 0.325 e. The Labute approximate surface area is 119 Å². The molecule has 2 N–H and O–H groups in total. The Bertz CT molecular complexity index is 469. The third kappa shape index (κ3) is 4.06. The zero-order valence-corrected chi connectivity index (χ0v) is 12.4. The summed E-state index contributed by atoms with van der Waals surface area (Å²) in [5.41, 5.74) is 7.83. The van der Waals surface area contributed by atoms with Crippen LogP contribution in [0, 0.1) is 6.92 Å². The molecular formula is C15H22N2O3. The van der Waals surface area contributed by atoms with Crippen LogP contribution >= 0.6 is 0 Å². The first kappa shape index (κ1) is 16.2. The molecule has 110 valence electrons. The summed E-state index contributed by atoms with van der Waals surface area (Å²) in [6, 6.07) is 6.56. The molecule has 20 heavy (non-hydrogen) atoms. The summed E-state index contributed by atoms with van der Waals surface area (Å²) >= 11 is 0. The molecule has 1 unspecified atom stereocenters. The van der Waals surface area contributed by atoms with Crippen LogP contribution in [0.3, 0.4) is 0 Å². The number of aryl methyl sites for hydroxylation is 1. The maximum Gasteiger partial charge on any atom is 0.325 e. The molecule has 5 heteroatoms. The van der Waals surface area contributed by atoms with Gasteiger partial charge in [0.15, 0.2) is 0 Å². The number of nitrogens with two attached hydrogens (primary N) is 1. The first-order valence-corrected chi connectivity index (χ1v) is 6.56. The molecule has 0 saturated carbocycles. The average Bonchev–Trinajstić information content (AvgIpc) is 2.43. The highest BCUT2D eigenvalue weighted by Crippen LogP contribution is 2.15. The van der Waals surface area contributed by atoms with Crippen molar-refractivity contribution >= 4 is 11.9 Å². The van der Waals surface area contributed by atoms with Crippen LogP contribution in [-0.4, -0.2) is 36.5 Å². The lowest BCUT2D eigenvalue weighted by Crippen LogP contribution is -2.45. The second-order valence-corrected chi connectivity index (χ2v) is 5.02. The number of carbonyl (C=O) groups excluding carboxylic acids is 2. The molecule has 0 spiro atoms. The highest BCUT2D eigenvalue weighted by molar-refractivity contribution is 5.86. The Kier molecular flexibility index (Phi) is 5.70. The average molecular weight is 278 g/mol. The Morgan fingerprint density at radius 2 is 1.80 bits per heavy atom. The van der Waals surface area contributed by atoms with Gasteiger partial charge in [0.2, 0.25) is 5.91 Å². The van der Waals surface area contributed by atoms with E-state index in [9.17, 15) is 9.59 Å². The number of rotatable bonds is 5. The number of ether oxygens (including phenoxy) is 1. The van der Waals surface area contributed by atoms with E-state index in [1.165, 1.54) is 12.0 Å². The molecule has 1 aromatic rings. The number of amides is 1. The summed E-state index contributed by atoms with van der Waals surface area (Å²) < 4.78 is 4.61. The van der Waals surface area contributed by atoms with Gasteiger partial charge < -0.3 is 15.4 Å². The fourth-order valence-corrected chi connectivity index (χ4v) is 1.81. The van der Waals surface area contributed by atoms with Crippen molar-refractivity contribution in [3.63, 3.8) is 0 Å². The molecule has 1 amide bonds. The summed E-state index contributed by atoms with van der Waals surface area (Å²) in [6.45, 7) is 5.55. The number of nitrogens with zero attached hydrogens (tertiary/aromatic N) is 1. The van der Waals surface area contributed by atoms with Gasteiger partial charge in [0, 0.05) is 6.04 Å². The van der Waals surface area contributed by atoms with E-state index >= 15 is 0 Å². The van der Waals surface area contributed by atoms with Gasteiger partial charge in [0.25, 0.3) is 0 Å². The van der Waals surface area contributed by atoms with E-state index in [2.05, 4.69) is 4.74 Å². The molecule has 0 aliphatic carbocycles. The summed E-state index contributed by atoms with van der Waals surface area (Å²) in [7, 11) is 1.30. The molecular weight excluding hydrogens is 256 g/mol. The van der Waals surface area contributed by atoms with Gasteiger partial charge in [-0.2, -0.15) is 0 Å². The van der Waals surface area contributed by atoms with Gasteiger partial charge >= 0.3 is 5.97 Å². The Balaban J connectivity index is 2.88. The second kappa shape index (κ2) is 7.05. The fourth-order valence-electron chi connectivity index (χ4n) is 1.81. The SMILES string of the molecule is COC(=O)CN(C(=O)C(N)c1ccc(C)cc1)C(C)C. The van der Waals surface area contributed by atoms with Gasteiger partial charge in [-0.05, 0) is 26.3 Å². The molecule has 0 bridgehead atoms. The van der Waals surface area contributed by atoms with Crippen molar-refractivity contribution < 1.29 is 14.3 Å². The van der Waals surface area contributed by atoms with E-state index in [-0.39, 0.29) is 18.5 Å². The molecule has 0 aromatic heterocycles. The minimum Gasteiger partial charge on any atom is -0.468 e. The van der Waals surface area contributed by atoms with Crippen LogP contribution in [0.5, 0.6) is 0 Å². The number of carbonyl (C=O) groups is 2. The summed E-state index contributed by atoms with van der Waals surface area (Å²) in [5, 5.41) is 0. The molecule has 0 saturated heterocycles. The van der Waals surface area contributed by atoms with Crippen molar-refractivity contribution in [3.8, 4) is 0 Å². The van der Waals surface area contributed by atoms with Crippen LogP contribution in [0.25, 0.3) is 0 Å². The number of esters is 1. The Morgan fingerprint density at radius 1 is 1.25 bits per heavy atom. The van der Waals surface area contributed by atoms with Crippen LogP contribution in [0.1, 0.15) is 31.0 Å². The predicted molar refractivity (Wildman–Crippen MR) is 77.0 cm³/mol. The van der Waals surface area contributed by atoms with Gasteiger partial charge in [0.05, 0.1) is 7.11 Å². The molecule has 0 heterocycles. The fraction of sp³-hybridized carbons (Fsp3) is 0.467. The second-order valence-electron chi connectivity index (χ2n) is 5.02. The summed E-state index contributed by atoms with van der Waals surface area (Å²) in [5.74, 6) is -0.739. The molecule has 1 aromatic carbocycles. The lowest BCUT2D eigenvalue weighted by atomic mass is 10.0. The van der Waals surface area contributed by atoms with E-state index in [1.807, 2.05) is 45.0 Å². The van der Waals surface area contributed by atoms with Crippen LogP contribution < -0.4 is 5.73 Å². The van der Waals surface area contributed by atoms with Gasteiger partial charge in [-0.3, -0.25) is 9.59 Å². The standard InChI is InChI=1S/C15H22N2O3/c1-10(2)17(9-13(18)20-4)15(19)14(16)12-7-5-11(3)6-8-12/h5-8,10,14H,9,16H2,1-4H3. The van der Waals surface area contributed by atoms with E-state index in [1.54, 1.807) is 0 Å². The Hall–Kier alpha value is -1.88. The van der Waals surface area contributed by atoms with Crippen molar-refractivity contribution in [2.45, 2.75) is 32.9 Å². The molecule has 0 aliphatic heterocycles. The molecule has 0 radical (unpaired) electrons. The number of benzene rings is 1. The van der Waals surface area contributed by atoms with E-state index in [0.717, 1.165) is 11.1 Å². The van der Waals surface area contributed by atoms with Crippen molar-refractivity contribution in [3.05, 3.63) is 35.4 Å². The number of hydrogen-bond acceptors (Lipinski definition) is 4. The molecule has 0 aliphatic rings. The van der Waals surface area contributed by atoms with Crippen molar-refractivity contribution in [1.29, 1.82) is 0 Å². The highest BCUT2D eigenvalue weighted by atomic mass is 16.5. The number of hydrogen-bond donors (Lipinski definition) is 1. The third-order valence-electron chi connectivity index (χ3n) is 3.14. The number of methoxy groups -OCH3 is 1. The zero-order chi connectivity index (χ0) is 15.3. The van der Waals surface area contributed by atoms with Gasteiger partial charge in [0.1, 0.15) is 12.6 Å². The van der Waals surface area contributed by atoms with Gasteiger partial charge in [-0.15, -0.1) is 0 Å². The first-order chi connectivity index (χ1) is 9.36. The summed E-state index contributed by atoms with van der Waals surface area (Å²) in [4.78, 5) is 25.2. The van der Waals surface area contributed by atoms with Crippen LogP contribution in [0.2, 0.25) is 0 Å². The largest absolute Gasteiger partial charge is 0.468 e. The van der Waals surface area contributed by atoms with Gasteiger partial charge in [-0.1, -0.05) is 29.8 Å². The van der Waals surface area contributed by atoms with Crippen LogP contribution in [0.15, 0.2) is 24.3 Å². The van der Waals surface area contributed by atoms with Crippen LogP contribution in [0.4, 0.5) is 0 Å². The maximum absolute atomic E-state index is 12.4. The normalized spacial score (nSPS) is 12.1. The maximum atomic E-state index is 12.4. The topological polar surface area (TPSA) is 72.6 Å². The molecule has 1 rings (SSSR count). The van der Waals surface area contributed by atoms with E-state index in [0.29, 0.717) is 0 Å². The zero-order valence-electron chi connectivity index (χ0n) is 12.4. The predicted octanol–water partition coefficient (Wildman–Crippen LogP) is 1.40. The highest BCUT2D eigenvalue weighted by Gasteiger charge is 2.26. The first-order valence-electron chi connectivity index (χ1n) is 6.56. The Morgan fingerprint density at radius 3 is 2.25 bits per heavy atom. The summed E-state index contributed by atoms with van der Waals surface area (Å²) in [6.07, 6.45) is 0. The van der Waals surface area contributed by atoms with E-state index < -0.39 is 12.0 Å². The minimum absolute atomic E-state index is 0.0907. The lowest BCUT2D eigenvalue weighted by molar-refractivity contribution is -0.148. The monoisotopic (exact) mass is 278 g/mol. The van der Waals surface area contributed by atoms with Crippen molar-refractivity contribution in [2.75, 3.05) is 13.7 Å². The quantitative estimate of drug-likeness (QED) is 0.826. The molecule has 0 fully saturated rings. The van der Waals surface area contributed by atoms with Crippen molar-refractivity contribution in [1.82, 2.24) is 4.90 Å². The van der Waals surface area contributed by atoms with Crippen molar-refractivity contribution in [2.24, 2.45) is 5.73 Å². The van der Waals surface area contributed by atoms with E-state index in [4.69, 9.17) is 5.73 Å². The third-order valence-corrected chi connectivity index (χ3v) is 3.14. The van der Waals surface area contributed by atoms with Gasteiger partial charge in [-0.25, -0.2) is 0 Å². The lowest BCUT2D eigenvalue weighted by Gasteiger charge is -2.28. The van der Waals surface area contributed by atoms with Crippen LogP contribution in [-0.2, 0) is 14.3 Å². The molecule has 5 nitrogen and oxygen atoms in total.